The number of thioether (sulfide) groups is 1. The largest absolute Gasteiger partial charge is 0.365 e. The van der Waals surface area contributed by atoms with Crippen LogP contribution in [0.1, 0.15) is 38.5 Å². The average Bonchev–Trinajstić information content (AvgIpc) is 2.91. The lowest BCUT2D eigenvalue weighted by Gasteiger charge is -2.25. The monoisotopic (exact) mass is 224 g/mol. The summed E-state index contributed by atoms with van der Waals surface area (Å²) < 4.78 is 0. The van der Waals surface area contributed by atoms with Crippen molar-refractivity contribution in [1.82, 2.24) is 5.32 Å². The minimum atomic E-state index is 0.816. The molecule has 3 aliphatic rings. The van der Waals surface area contributed by atoms with E-state index in [0.717, 1.165) is 30.2 Å². The van der Waals surface area contributed by atoms with Crippen LogP contribution in [0, 0.1) is 11.8 Å². The van der Waals surface area contributed by atoms with Crippen molar-refractivity contribution in [2.45, 2.75) is 43.8 Å². The first-order chi connectivity index (χ1) is 7.42. The topological polar surface area (TPSA) is 24.4 Å². The van der Waals surface area contributed by atoms with E-state index in [-0.39, 0.29) is 0 Å². The number of nitrogens with zero attached hydrogens (tertiary/aromatic N) is 1. The van der Waals surface area contributed by atoms with E-state index in [0.29, 0.717) is 0 Å². The Morgan fingerprint density at radius 1 is 1.27 bits per heavy atom. The molecule has 0 spiro atoms. The Morgan fingerprint density at radius 3 is 2.80 bits per heavy atom. The molecule has 2 fully saturated rings. The van der Waals surface area contributed by atoms with Crippen molar-refractivity contribution in [3.05, 3.63) is 0 Å². The third-order valence-electron chi connectivity index (χ3n) is 3.88. The molecule has 2 saturated carbocycles. The van der Waals surface area contributed by atoms with Crippen molar-refractivity contribution in [1.29, 1.82) is 0 Å². The van der Waals surface area contributed by atoms with Crippen molar-refractivity contribution >= 4 is 16.9 Å². The Labute approximate surface area is 96.3 Å². The second-order valence-corrected chi connectivity index (χ2v) is 6.38. The van der Waals surface area contributed by atoms with Gasteiger partial charge in [-0.1, -0.05) is 31.0 Å². The van der Waals surface area contributed by atoms with Crippen molar-refractivity contribution in [2.24, 2.45) is 16.8 Å². The number of nitrogens with one attached hydrogen (secondary N) is 1. The predicted molar refractivity (Wildman–Crippen MR) is 66.4 cm³/mol. The summed E-state index contributed by atoms with van der Waals surface area (Å²) in [6.07, 6.45) is 8.64. The fraction of sp³-hybridized carbons (Fsp3) is 0.917. The lowest BCUT2D eigenvalue weighted by molar-refractivity contribution is 0.297. The first-order valence-electron chi connectivity index (χ1n) is 6.37. The average molecular weight is 224 g/mol. The summed E-state index contributed by atoms with van der Waals surface area (Å²) >= 11 is 2.00. The van der Waals surface area contributed by atoms with Crippen molar-refractivity contribution in [3.8, 4) is 0 Å². The van der Waals surface area contributed by atoms with Gasteiger partial charge >= 0.3 is 0 Å². The molecule has 3 rings (SSSR count). The highest BCUT2D eigenvalue weighted by atomic mass is 32.2. The van der Waals surface area contributed by atoms with Crippen LogP contribution in [0.15, 0.2) is 4.99 Å². The van der Waals surface area contributed by atoms with Gasteiger partial charge in [0.15, 0.2) is 5.17 Å². The highest BCUT2D eigenvalue weighted by molar-refractivity contribution is 8.14. The van der Waals surface area contributed by atoms with Crippen LogP contribution in [0.4, 0.5) is 0 Å². The maximum Gasteiger partial charge on any atom is 0.156 e. The molecule has 1 N–H and O–H groups in total. The smallest absolute Gasteiger partial charge is 0.156 e. The SMILES string of the molecule is C1CC(CCNC2=NCC(C3CC3)S2)C1. The van der Waals surface area contributed by atoms with Crippen molar-refractivity contribution in [3.63, 3.8) is 0 Å². The van der Waals surface area contributed by atoms with Crippen LogP contribution >= 0.6 is 11.8 Å². The standard InChI is InChI=1S/C12H20N2S/c1-2-9(3-1)6-7-13-12-14-8-11(15-12)10-4-5-10/h9-11H,1-8H2,(H,13,14). The molecule has 0 aromatic carbocycles. The minimum absolute atomic E-state index is 0.816. The van der Waals surface area contributed by atoms with E-state index in [1.807, 2.05) is 11.8 Å². The van der Waals surface area contributed by atoms with Gasteiger partial charge in [-0.15, -0.1) is 0 Å². The predicted octanol–water partition coefficient (Wildman–Crippen LogP) is 2.65. The fourth-order valence-electron chi connectivity index (χ4n) is 2.37. The van der Waals surface area contributed by atoms with Crippen LogP contribution < -0.4 is 5.32 Å². The van der Waals surface area contributed by atoms with Gasteiger partial charge in [0.1, 0.15) is 0 Å². The molecular weight excluding hydrogens is 204 g/mol. The zero-order valence-electron chi connectivity index (χ0n) is 9.24. The van der Waals surface area contributed by atoms with Crippen LogP contribution in [0.25, 0.3) is 0 Å². The maximum absolute atomic E-state index is 4.59. The molecule has 0 saturated heterocycles. The van der Waals surface area contributed by atoms with Gasteiger partial charge in [0, 0.05) is 11.8 Å². The van der Waals surface area contributed by atoms with Crippen LogP contribution in [0.5, 0.6) is 0 Å². The van der Waals surface area contributed by atoms with E-state index >= 15 is 0 Å². The van der Waals surface area contributed by atoms with Crippen LogP contribution in [0.3, 0.4) is 0 Å². The molecule has 84 valence electrons. The summed E-state index contributed by atoms with van der Waals surface area (Å²) in [7, 11) is 0. The third kappa shape index (κ3) is 2.49. The van der Waals surface area contributed by atoms with Gasteiger partial charge in [-0.05, 0) is 31.1 Å². The third-order valence-corrected chi connectivity index (χ3v) is 5.21. The summed E-state index contributed by atoms with van der Waals surface area (Å²) in [5.41, 5.74) is 0. The van der Waals surface area contributed by atoms with Gasteiger partial charge in [0.25, 0.3) is 0 Å². The maximum atomic E-state index is 4.59. The van der Waals surface area contributed by atoms with Crippen LogP contribution in [-0.4, -0.2) is 23.5 Å². The molecule has 0 radical (unpaired) electrons. The molecule has 1 unspecified atom stereocenters. The quantitative estimate of drug-likeness (QED) is 0.794. The van der Waals surface area contributed by atoms with Gasteiger partial charge in [0.05, 0.1) is 6.54 Å². The number of amidine groups is 1. The summed E-state index contributed by atoms with van der Waals surface area (Å²) in [4.78, 5) is 4.59. The molecule has 2 nitrogen and oxygen atoms in total. The van der Waals surface area contributed by atoms with E-state index in [4.69, 9.17) is 0 Å². The van der Waals surface area contributed by atoms with E-state index in [9.17, 15) is 0 Å². The van der Waals surface area contributed by atoms with Gasteiger partial charge < -0.3 is 5.32 Å². The first-order valence-corrected chi connectivity index (χ1v) is 7.25. The summed E-state index contributed by atoms with van der Waals surface area (Å²) in [5.74, 6) is 2.01. The zero-order chi connectivity index (χ0) is 10.1. The second kappa shape index (κ2) is 4.36. The first kappa shape index (κ1) is 10.0. The zero-order valence-corrected chi connectivity index (χ0v) is 10.1. The Hall–Kier alpha value is -0.180. The number of hydrogen-bond acceptors (Lipinski definition) is 3. The summed E-state index contributed by atoms with van der Waals surface area (Å²) in [5, 5.41) is 5.55. The number of rotatable bonds is 4. The van der Waals surface area contributed by atoms with Gasteiger partial charge in [0.2, 0.25) is 0 Å². The second-order valence-electron chi connectivity index (χ2n) is 5.15. The van der Waals surface area contributed by atoms with Crippen molar-refractivity contribution < 1.29 is 0 Å². The summed E-state index contributed by atoms with van der Waals surface area (Å²) in [6, 6.07) is 0. The molecule has 0 amide bonds. The number of hydrogen-bond donors (Lipinski definition) is 1. The molecule has 15 heavy (non-hydrogen) atoms. The van der Waals surface area contributed by atoms with E-state index < -0.39 is 0 Å². The Balaban J connectivity index is 1.33. The molecule has 0 aromatic heterocycles. The molecule has 2 aliphatic carbocycles. The van der Waals surface area contributed by atoms with E-state index in [1.165, 1.54) is 43.7 Å². The Bertz CT molecular complexity index is 256. The highest BCUT2D eigenvalue weighted by Gasteiger charge is 2.35. The highest BCUT2D eigenvalue weighted by Crippen LogP contribution is 2.41. The normalized spacial score (nSPS) is 31.2. The molecule has 0 bridgehead atoms. The molecule has 0 aromatic rings. The van der Waals surface area contributed by atoms with E-state index in [1.54, 1.807) is 0 Å². The lowest BCUT2D eigenvalue weighted by atomic mass is 9.83. The number of aliphatic imine (C=N–C) groups is 1. The minimum Gasteiger partial charge on any atom is -0.365 e. The molecule has 1 aliphatic heterocycles. The molecular formula is C12H20N2S. The Kier molecular flexibility index (Phi) is 2.91. The summed E-state index contributed by atoms with van der Waals surface area (Å²) in [6.45, 7) is 2.22. The fourth-order valence-corrected chi connectivity index (χ4v) is 3.60. The van der Waals surface area contributed by atoms with Crippen LogP contribution in [-0.2, 0) is 0 Å². The van der Waals surface area contributed by atoms with E-state index in [2.05, 4.69) is 10.3 Å². The molecule has 1 atom stereocenters. The lowest BCUT2D eigenvalue weighted by Crippen LogP contribution is -2.24. The van der Waals surface area contributed by atoms with Crippen molar-refractivity contribution in [2.75, 3.05) is 13.1 Å². The van der Waals surface area contributed by atoms with Gasteiger partial charge in [-0.25, -0.2) is 0 Å². The van der Waals surface area contributed by atoms with Gasteiger partial charge in [-0.3, -0.25) is 4.99 Å². The Morgan fingerprint density at radius 2 is 2.13 bits per heavy atom. The van der Waals surface area contributed by atoms with Gasteiger partial charge in [-0.2, -0.15) is 0 Å². The van der Waals surface area contributed by atoms with Crippen LogP contribution in [0.2, 0.25) is 0 Å². The molecule has 3 heteroatoms. The molecule has 1 heterocycles.